The number of carbonyl (C=O) groups is 1. The van der Waals surface area contributed by atoms with Gasteiger partial charge in [-0.25, -0.2) is 0 Å². The highest BCUT2D eigenvalue weighted by Crippen LogP contribution is 2.13. The first-order valence-corrected chi connectivity index (χ1v) is 5.73. The first-order valence-electron chi connectivity index (χ1n) is 5.73. The van der Waals surface area contributed by atoms with Gasteiger partial charge in [0.05, 0.1) is 17.0 Å². The minimum absolute atomic E-state index is 0.0382. The van der Waals surface area contributed by atoms with E-state index < -0.39 is 0 Å². The van der Waals surface area contributed by atoms with Crippen molar-refractivity contribution < 1.29 is 4.79 Å². The molecule has 0 saturated carbocycles. The van der Waals surface area contributed by atoms with Crippen LogP contribution in [0.2, 0.25) is 0 Å². The maximum absolute atomic E-state index is 12.1. The Labute approximate surface area is 106 Å². The fourth-order valence-electron chi connectivity index (χ4n) is 1.85. The summed E-state index contributed by atoms with van der Waals surface area (Å²) < 4.78 is 1.72. The Morgan fingerprint density at radius 1 is 1.33 bits per heavy atom. The largest absolute Gasteiger partial charge is 0.289 e. The lowest BCUT2D eigenvalue weighted by Gasteiger charge is -1.96. The highest BCUT2D eigenvalue weighted by atomic mass is 16.1. The summed E-state index contributed by atoms with van der Waals surface area (Å²) in [4.78, 5) is 16.2. The van der Waals surface area contributed by atoms with Crippen LogP contribution in [0, 0.1) is 13.8 Å². The molecule has 2 aromatic rings. The smallest absolute Gasteiger partial charge is 0.189 e. The van der Waals surface area contributed by atoms with Gasteiger partial charge in [0.2, 0.25) is 0 Å². The molecule has 0 radical (unpaired) electrons. The second-order valence-corrected chi connectivity index (χ2v) is 4.12. The number of carbonyl (C=O) groups excluding carboxylic acids is 1. The van der Waals surface area contributed by atoms with Gasteiger partial charge in [-0.1, -0.05) is 6.07 Å². The van der Waals surface area contributed by atoms with Crippen molar-refractivity contribution in [1.29, 1.82) is 0 Å². The van der Waals surface area contributed by atoms with Crippen LogP contribution < -0.4 is 0 Å². The summed E-state index contributed by atoms with van der Waals surface area (Å²) in [6.07, 6.45) is 4.96. The van der Waals surface area contributed by atoms with E-state index in [1.165, 1.54) is 0 Å². The van der Waals surface area contributed by atoms with Crippen LogP contribution in [-0.4, -0.2) is 20.5 Å². The highest BCUT2D eigenvalue weighted by Gasteiger charge is 2.14. The molecule has 4 heteroatoms. The molecule has 0 atom stereocenters. The fourth-order valence-corrected chi connectivity index (χ4v) is 1.85. The van der Waals surface area contributed by atoms with Crippen molar-refractivity contribution >= 4 is 11.9 Å². The van der Waals surface area contributed by atoms with E-state index in [2.05, 4.69) is 10.1 Å². The molecule has 0 bridgehead atoms. The molecule has 2 heterocycles. The predicted octanol–water partition coefficient (Wildman–Crippen LogP) is 2.33. The third-order valence-electron chi connectivity index (χ3n) is 2.85. The van der Waals surface area contributed by atoms with E-state index in [1.807, 2.05) is 39.1 Å². The molecule has 0 saturated heterocycles. The third-order valence-corrected chi connectivity index (χ3v) is 2.85. The van der Waals surface area contributed by atoms with Gasteiger partial charge in [0, 0.05) is 18.9 Å². The second-order valence-electron chi connectivity index (χ2n) is 4.12. The summed E-state index contributed by atoms with van der Waals surface area (Å²) in [6.45, 7) is 3.73. The van der Waals surface area contributed by atoms with E-state index >= 15 is 0 Å². The molecule has 0 aromatic carbocycles. The quantitative estimate of drug-likeness (QED) is 0.612. The number of ketones is 1. The molecule has 0 aliphatic rings. The van der Waals surface area contributed by atoms with Gasteiger partial charge in [-0.3, -0.25) is 14.5 Å². The van der Waals surface area contributed by atoms with Gasteiger partial charge in [-0.2, -0.15) is 5.10 Å². The Balaban J connectivity index is 2.25. The normalized spacial score (nSPS) is 11.1. The lowest BCUT2D eigenvalue weighted by atomic mass is 10.1. The summed E-state index contributed by atoms with van der Waals surface area (Å²) in [5.74, 6) is -0.0382. The van der Waals surface area contributed by atoms with Gasteiger partial charge in [0.1, 0.15) is 0 Å². The van der Waals surface area contributed by atoms with Crippen molar-refractivity contribution in [2.45, 2.75) is 13.8 Å². The van der Waals surface area contributed by atoms with Gasteiger partial charge >= 0.3 is 0 Å². The average molecular weight is 241 g/mol. The Morgan fingerprint density at radius 3 is 2.67 bits per heavy atom. The summed E-state index contributed by atoms with van der Waals surface area (Å²) in [5, 5.41) is 4.23. The maximum Gasteiger partial charge on any atom is 0.189 e. The molecule has 0 unspecified atom stereocenters. The van der Waals surface area contributed by atoms with Crippen molar-refractivity contribution in [2.75, 3.05) is 0 Å². The number of aryl methyl sites for hydroxylation is 2. The molecule has 0 aliphatic carbocycles. The maximum atomic E-state index is 12.1. The number of allylic oxidation sites excluding steroid dienone is 1. The zero-order valence-corrected chi connectivity index (χ0v) is 10.7. The Kier molecular flexibility index (Phi) is 3.37. The standard InChI is InChI=1S/C14H15N3O/c1-10-14(11(2)17(3)16-10)13(18)8-7-12-6-4-5-9-15-12/h4-9H,1-3H3/b8-7+. The first kappa shape index (κ1) is 12.2. The van der Waals surface area contributed by atoms with Crippen molar-refractivity contribution in [2.24, 2.45) is 7.05 Å². The molecular weight excluding hydrogens is 226 g/mol. The minimum atomic E-state index is -0.0382. The van der Waals surface area contributed by atoms with Crippen molar-refractivity contribution in [1.82, 2.24) is 14.8 Å². The van der Waals surface area contributed by atoms with Gasteiger partial charge in [0.25, 0.3) is 0 Å². The van der Waals surface area contributed by atoms with E-state index in [0.29, 0.717) is 5.56 Å². The van der Waals surface area contributed by atoms with E-state index in [4.69, 9.17) is 0 Å². The van der Waals surface area contributed by atoms with E-state index in [-0.39, 0.29) is 5.78 Å². The van der Waals surface area contributed by atoms with Crippen LogP contribution >= 0.6 is 0 Å². The van der Waals surface area contributed by atoms with E-state index in [1.54, 1.807) is 23.0 Å². The number of pyridine rings is 1. The first-order chi connectivity index (χ1) is 8.59. The summed E-state index contributed by atoms with van der Waals surface area (Å²) in [7, 11) is 1.83. The molecular formula is C14H15N3O. The van der Waals surface area contributed by atoms with Crippen LogP contribution in [0.15, 0.2) is 30.5 Å². The molecule has 4 nitrogen and oxygen atoms in total. The molecule has 0 spiro atoms. The van der Waals surface area contributed by atoms with Gasteiger partial charge in [-0.15, -0.1) is 0 Å². The van der Waals surface area contributed by atoms with Gasteiger partial charge < -0.3 is 0 Å². The topological polar surface area (TPSA) is 47.8 Å². The molecule has 0 aliphatic heterocycles. The van der Waals surface area contributed by atoms with Crippen molar-refractivity contribution in [3.05, 3.63) is 53.1 Å². The SMILES string of the molecule is Cc1nn(C)c(C)c1C(=O)/C=C/c1ccccn1. The molecule has 0 fully saturated rings. The van der Waals surface area contributed by atoms with Crippen LogP contribution in [0.4, 0.5) is 0 Å². The van der Waals surface area contributed by atoms with Crippen LogP contribution in [-0.2, 0) is 7.05 Å². The molecule has 92 valence electrons. The average Bonchev–Trinajstić information content (AvgIpc) is 2.62. The minimum Gasteiger partial charge on any atom is -0.289 e. The van der Waals surface area contributed by atoms with Gasteiger partial charge in [0.15, 0.2) is 5.78 Å². The Hall–Kier alpha value is -2.23. The number of hydrogen-bond donors (Lipinski definition) is 0. The van der Waals surface area contributed by atoms with Crippen molar-refractivity contribution in [3.63, 3.8) is 0 Å². The number of hydrogen-bond acceptors (Lipinski definition) is 3. The number of nitrogens with zero attached hydrogens (tertiary/aromatic N) is 3. The lowest BCUT2D eigenvalue weighted by Crippen LogP contribution is -1.99. The summed E-state index contributed by atoms with van der Waals surface area (Å²) in [6, 6.07) is 5.58. The molecule has 2 rings (SSSR count). The number of aromatic nitrogens is 3. The molecule has 0 amide bonds. The molecule has 0 N–H and O–H groups in total. The monoisotopic (exact) mass is 241 g/mol. The van der Waals surface area contributed by atoms with E-state index in [9.17, 15) is 4.79 Å². The molecule has 2 aromatic heterocycles. The number of rotatable bonds is 3. The van der Waals surface area contributed by atoms with Crippen LogP contribution in [0.5, 0.6) is 0 Å². The Morgan fingerprint density at radius 2 is 2.11 bits per heavy atom. The Bertz CT molecular complexity index is 597. The fraction of sp³-hybridized carbons (Fsp3) is 0.214. The summed E-state index contributed by atoms with van der Waals surface area (Å²) >= 11 is 0. The summed E-state index contributed by atoms with van der Waals surface area (Å²) in [5.41, 5.74) is 3.07. The van der Waals surface area contributed by atoms with Crippen LogP contribution in [0.1, 0.15) is 27.4 Å². The van der Waals surface area contributed by atoms with Crippen LogP contribution in [0.3, 0.4) is 0 Å². The van der Waals surface area contributed by atoms with E-state index in [0.717, 1.165) is 17.1 Å². The van der Waals surface area contributed by atoms with Crippen LogP contribution in [0.25, 0.3) is 6.08 Å². The van der Waals surface area contributed by atoms with Crippen molar-refractivity contribution in [3.8, 4) is 0 Å². The zero-order valence-electron chi connectivity index (χ0n) is 10.7. The predicted molar refractivity (Wildman–Crippen MR) is 70.3 cm³/mol. The zero-order chi connectivity index (χ0) is 13.1. The highest BCUT2D eigenvalue weighted by molar-refractivity contribution is 6.08. The second kappa shape index (κ2) is 4.96. The van der Waals surface area contributed by atoms with Gasteiger partial charge in [-0.05, 0) is 38.1 Å². The molecule has 18 heavy (non-hydrogen) atoms. The lowest BCUT2D eigenvalue weighted by molar-refractivity contribution is 0.104. The third kappa shape index (κ3) is 2.37.